The van der Waals surface area contributed by atoms with Crippen LogP contribution in [0.15, 0.2) is 30.3 Å². The third kappa shape index (κ3) is 3.46. The van der Waals surface area contributed by atoms with Crippen molar-refractivity contribution in [2.75, 3.05) is 24.6 Å². The molecule has 1 aliphatic rings. The van der Waals surface area contributed by atoms with E-state index in [0.717, 1.165) is 13.1 Å². The smallest absolute Gasteiger partial charge is 0.303 e. The van der Waals surface area contributed by atoms with Crippen molar-refractivity contribution in [3.8, 4) is 0 Å². The molecule has 0 amide bonds. The molecular weight excluding hydrogens is 218 g/mol. The van der Waals surface area contributed by atoms with Crippen LogP contribution < -0.4 is 4.90 Å². The largest absolute Gasteiger partial charge is 0.481 e. The Kier molecular flexibility index (Phi) is 3.98. The summed E-state index contributed by atoms with van der Waals surface area (Å²) in [6, 6.07) is 10.2. The molecule has 1 aromatic carbocycles. The number of carboxylic acids is 1. The summed E-state index contributed by atoms with van der Waals surface area (Å²) in [5, 5.41) is 8.66. The van der Waals surface area contributed by atoms with E-state index in [1.165, 1.54) is 5.69 Å². The van der Waals surface area contributed by atoms with E-state index in [-0.39, 0.29) is 12.5 Å². The molecule has 1 heterocycles. The molecule has 1 fully saturated rings. The number of anilines is 1. The average molecular weight is 235 g/mol. The Balaban J connectivity index is 1.91. The fraction of sp³-hybridized carbons (Fsp3) is 0.462. The second-order valence-electron chi connectivity index (χ2n) is 4.21. The van der Waals surface area contributed by atoms with E-state index in [9.17, 15) is 4.79 Å². The molecule has 1 aromatic rings. The summed E-state index contributed by atoms with van der Waals surface area (Å²) in [6.07, 6.45) is 0.784. The van der Waals surface area contributed by atoms with Gasteiger partial charge in [-0.2, -0.15) is 0 Å². The van der Waals surface area contributed by atoms with Crippen LogP contribution in [0.5, 0.6) is 0 Å². The number of para-hydroxylation sites is 1. The first-order valence-electron chi connectivity index (χ1n) is 5.89. The zero-order chi connectivity index (χ0) is 12.1. The number of nitrogens with zero attached hydrogens (tertiary/aromatic N) is 1. The summed E-state index contributed by atoms with van der Waals surface area (Å²) < 4.78 is 5.58. The van der Waals surface area contributed by atoms with Crippen molar-refractivity contribution in [1.29, 1.82) is 0 Å². The Morgan fingerprint density at radius 3 is 2.88 bits per heavy atom. The predicted molar refractivity (Wildman–Crippen MR) is 65.3 cm³/mol. The summed E-state index contributed by atoms with van der Waals surface area (Å²) in [7, 11) is 0. The highest BCUT2D eigenvalue weighted by Crippen LogP contribution is 2.18. The Morgan fingerprint density at radius 1 is 1.41 bits per heavy atom. The number of hydrogen-bond donors (Lipinski definition) is 1. The number of aliphatic carboxylic acids is 1. The van der Waals surface area contributed by atoms with Gasteiger partial charge in [-0.05, 0) is 18.6 Å². The van der Waals surface area contributed by atoms with Crippen LogP contribution in [-0.2, 0) is 9.53 Å². The van der Waals surface area contributed by atoms with Crippen molar-refractivity contribution in [3.05, 3.63) is 30.3 Å². The lowest BCUT2D eigenvalue weighted by Crippen LogP contribution is -2.42. The first-order chi connectivity index (χ1) is 8.25. The summed E-state index contributed by atoms with van der Waals surface area (Å²) in [6.45, 7) is 2.31. The van der Waals surface area contributed by atoms with Gasteiger partial charge in [0.25, 0.3) is 0 Å². The topological polar surface area (TPSA) is 49.8 Å². The van der Waals surface area contributed by atoms with Crippen LogP contribution in [0.4, 0.5) is 5.69 Å². The van der Waals surface area contributed by atoms with E-state index >= 15 is 0 Å². The molecular formula is C13H17NO3. The molecule has 4 heteroatoms. The second-order valence-corrected chi connectivity index (χ2v) is 4.21. The van der Waals surface area contributed by atoms with Gasteiger partial charge in [-0.15, -0.1) is 0 Å². The zero-order valence-electron chi connectivity index (χ0n) is 9.71. The van der Waals surface area contributed by atoms with Crippen molar-refractivity contribution < 1.29 is 14.6 Å². The molecule has 1 aliphatic heterocycles. The van der Waals surface area contributed by atoms with Gasteiger partial charge in [0.2, 0.25) is 0 Å². The highest BCUT2D eigenvalue weighted by atomic mass is 16.5. The second kappa shape index (κ2) is 5.68. The Labute approximate surface area is 101 Å². The van der Waals surface area contributed by atoms with Crippen molar-refractivity contribution in [2.24, 2.45) is 0 Å². The van der Waals surface area contributed by atoms with Gasteiger partial charge < -0.3 is 14.7 Å². The first kappa shape index (κ1) is 11.9. The van der Waals surface area contributed by atoms with E-state index in [1.807, 2.05) is 18.2 Å². The fourth-order valence-corrected chi connectivity index (χ4v) is 2.05. The van der Waals surface area contributed by atoms with Crippen molar-refractivity contribution in [1.82, 2.24) is 0 Å². The van der Waals surface area contributed by atoms with E-state index in [4.69, 9.17) is 9.84 Å². The number of rotatable bonds is 4. The van der Waals surface area contributed by atoms with Gasteiger partial charge in [-0.1, -0.05) is 18.2 Å². The van der Waals surface area contributed by atoms with E-state index < -0.39 is 5.97 Å². The quantitative estimate of drug-likeness (QED) is 0.864. The fourth-order valence-electron chi connectivity index (χ4n) is 2.05. The molecule has 0 spiro atoms. The predicted octanol–water partition coefficient (Wildman–Crippen LogP) is 1.76. The Morgan fingerprint density at radius 2 is 2.18 bits per heavy atom. The summed E-state index contributed by atoms with van der Waals surface area (Å²) in [5.74, 6) is -0.759. The summed E-state index contributed by atoms with van der Waals surface area (Å²) in [4.78, 5) is 12.8. The first-order valence-corrected chi connectivity index (χ1v) is 5.89. The van der Waals surface area contributed by atoms with Crippen LogP contribution >= 0.6 is 0 Å². The lowest BCUT2D eigenvalue weighted by Gasteiger charge is -2.34. The van der Waals surface area contributed by atoms with Gasteiger partial charge in [0.1, 0.15) is 0 Å². The minimum Gasteiger partial charge on any atom is -0.481 e. The number of carboxylic acid groups (broad SMARTS) is 1. The van der Waals surface area contributed by atoms with E-state index in [0.29, 0.717) is 13.0 Å². The van der Waals surface area contributed by atoms with Gasteiger partial charge in [-0.3, -0.25) is 4.79 Å². The molecule has 92 valence electrons. The van der Waals surface area contributed by atoms with E-state index in [1.54, 1.807) is 0 Å². The maximum atomic E-state index is 10.5. The van der Waals surface area contributed by atoms with Crippen molar-refractivity contribution in [3.63, 3.8) is 0 Å². The highest BCUT2D eigenvalue weighted by molar-refractivity contribution is 5.66. The minimum atomic E-state index is -0.759. The molecule has 0 aromatic heterocycles. The van der Waals surface area contributed by atoms with Crippen LogP contribution in [-0.4, -0.2) is 36.9 Å². The lowest BCUT2D eigenvalue weighted by atomic mass is 10.1. The van der Waals surface area contributed by atoms with E-state index in [2.05, 4.69) is 17.0 Å². The summed E-state index contributed by atoms with van der Waals surface area (Å²) in [5.41, 5.74) is 1.18. The molecule has 4 nitrogen and oxygen atoms in total. The van der Waals surface area contributed by atoms with Gasteiger partial charge in [0.15, 0.2) is 0 Å². The van der Waals surface area contributed by atoms with Crippen LogP contribution in [0.25, 0.3) is 0 Å². The number of benzene rings is 1. The standard InChI is InChI=1S/C13H17NO3/c15-13(16)7-6-12-10-14(8-9-17-12)11-4-2-1-3-5-11/h1-5,12H,6-10H2,(H,15,16). The van der Waals surface area contributed by atoms with Gasteiger partial charge in [0.05, 0.1) is 12.7 Å². The molecule has 0 aliphatic carbocycles. The van der Waals surface area contributed by atoms with Crippen LogP contribution in [0, 0.1) is 0 Å². The summed E-state index contributed by atoms with van der Waals surface area (Å²) >= 11 is 0. The molecule has 1 N–H and O–H groups in total. The number of ether oxygens (including phenoxy) is 1. The number of hydrogen-bond acceptors (Lipinski definition) is 3. The molecule has 1 atom stereocenters. The SMILES string of the molecule is O=C(O)CCC1CN(c2ccccc2)CCO1. The normalized spacial score (nSPS) is 20.2. The van der Waals surface area contributed by atoms with Crippen LogP contribution in [0.3, 0.4) is 0 Å². The van der Waals surface area contributed by atoms with Crippen molar-refractivity contribution in [2.45, 2.75) is 18.9 Å². The number of carbonyl (C=O) groups is 1. The minimum absolute atomic E-state index is 0.0278. The highest BCUT2D eigenvalue weighted by Gasteiger charge is 2.21. The van der Waals surface area contributed by atoms with Gasteiger partial charge in [0, 0.05) is 25.2 Å². The molecule has 1 saturated heterocycles. The molecule has 2 rings (SSSR count). The maximum Gasteiger partial charge on any atom is 0.303 e. The number of morpholine rings is 1. The maximum absolute atomic E-state index is 10.5. The Bertz CT molecular complexity index is 366. The third-order valence-electron chi connectivity index (χ3n) is 2.94. The van der Waals surface area contributed by atoms with Gasteiger partial charge in [-0.25, -0.2) is 0 Å². The third-order valence-corrected chi connectivity index (χ3v) is 2.94. The monoisotopic (exact) mass is 235 g/mol. The zero-order valence-corrected chi connectivity index (χ0v) is 9.71. The molecule has 0 bridgehead atoms. The van der Waals surface area contributed by atoms with Crippen molar-refractivity contribution >= 4 is 11.7 Å². The molecule has 17 heavy (non-hydrogen) atoms. The Hall–Kier alpha value is -1.55. The lowest BCUT2D eigenvalue weighted by molar-refractivity contribution is -0.137. The average Bonchev–Trinajstić information content (AvgIpc) is 2.38. The molecule has 1 unspecified atom stereocenters. The van der Waals surface area contributed by atoms with Gasteiger partial charge >= 0.3 is 5.97 Å². The molecule has 0 saturated carbocycles. The molecule has 0 radical (unpaired) electrons. The van der Waals surface area contributed by atoms with Crippen LogP contribution in [0.1, 0.15) is 12.8 Å². The van der Waals surface area contributed by atoms with Crippen LogP contribution in [0.2, 0.25) is 0 Å².